The van der Waals surface area contributed by atoms with Gasteiger partial charge in [0.05, 0.1) is 6.61 Å². The number of aliphatic hydroxyl groups excluding tert-OH is 3. The Morgan fingerprint density at radius 2 is 1.04 bits per heavy atom. The van der Waals surface area contributed by atoms with Gasteiger partial charge in [-0.2, -0.15) is 0 Å². The summed E-state index contributed by atoms with van der Waals surface area (Å²) in [5.41, 5.74) is 5.64. The second kappa shape index (κ2) is 35.5. The number of ether oxygens (including phenoxy) is 4. The summed E-state index contributed by atoms with van der Waals surface area (Å²) in [6.07, 6.45) is 37.0. The minimum Gasteiger partial charge on any atom is -0.462 e. The maximum Gasteiger partial charge on any atom is 0.306 e. The summed E-state index contributed by atoms with van der Waals surface area (Å²) in [6.45, 7) is 3.71. The summed E-state index contributed by atoms with van der Waals surface area (Å²) < 4.78 is 22.3. The topological polar surface area (TPSA) is 158 Å². The van der Waals surface area contributed by atoms with Gasteiger partial charge in [-0.25, -0.2) is 0 Å². The molecule has 55 heavy (non-hydrogen) atoms. The van der Waals surface area contributed by atoms with Gasteiger partial charge < -0.3 is 40.0 Å². The third kappa shape index (κ3) is 27.4. The summed E-state index contributed by atoms with van der Waals surface area (Å²) >= 11 is 0. The molecular weight excluding hydrogens is 698 g/mol. The Balaban J connectivity index is 2.39. The fraction of sp³-hybridized carbons (Fsp3) is 0.689. The fourth-order valence-corrected chi connectivity index (χ4v) is 5.85. The molecule has 0 spiro atoms. The number of hydrogen-bond donors (Lipinski definition) is 4. The van der Waals surface area contributed by atoms with Gasteiger partial charge in [-0.1, -0.05) is 125 Å². The second-order valence-electron chi connectivity index (χ2n) is 14.1. The lowest BCUT2D eigenvalue weighted by atomic mass is 9.99. The highest BCUT2D eigenvalue weighted by Gasteiger charge is 2.44. The van der Waals surface area contributed by atoms with Crippen molar-refractivity contribution in [3.05, 3.63) is 72.9 Å². The van der Waals surface area contributed by atoms with Crippen molar-refractivity contribution in [1.29, 1.82) is 0 Å². The molecular formula is C45H75NO9. The van der Waals surface area contributed by atoms with E-state index in [0.717, 1.165) is 103 Å². The van der Waals surface area contributed by atoms with Gasteiger partial charge in [0.2, 0.25) is 0 Å². The van der Waals surface area contributed by atoms with Crippen LogP contribution in [-0.4, -0.2) is 83.8 Å². The Kier molecular flexibility index (Phi) is 32.4. The molecule has 10 heteroatoms. The molecule has 0 aromatic carbocycles. The van der Waals surface area contributed by atoms with Gasteiger partial charge in [0, 0.05) is 19.4 Å². The van der Waals surface area contributed by atoms with Crippen LogP contribution < -0.4 is 5.73 Å². The minimum atomic E-state index is -1.54. The van der Waals surface area contributed by atoms with Crippen molar-refractivity contribution in [1.82, 2.24) is 0 Å². The van der Waals surface area contributed by atoms with E-state index in [-0.39, 0.29) is 38.6 Å². The van der Waals surface area contributed by atoms with Gasteiger partial charge in [0.1, 0.15) is 31.0 Å². The van der Waals surface area contributed by atoms with Crippen LogP contribution in [0.25, 0.3) is 0 Å². The normalized spacial score (nSPS) is 21.3. The van der Waals surface area contributed by atoms with Crippen LogP contribution in [0, 0.1) is 0 Å². The third-order valence-corrected chi connectivity index (χ3v) is 9.14. The highest BCUT2D eigenvalue weighted by molar-refractivity contribution is 5.70. The van der Waals surface area contributed by atoms with Crippen molar-refractivity contribution in [3.63, 3.8) is 0 Å². The fourth-order valence-electron chi connectivity index (χ4n) is 5.85. The standard InChI is InChI=1S/C45H75NO9/c1-3-5-7-9-11-13-15-17-19-21-23-25-27-29-31-33-40(47)52-36-38(37-53-45-44(51)43(50)42(49)39(35-46)55-45)54-41(48)34-32-30-28-26-24-22-20-18-16-14-12-10-8-6-4-2/h5-8,11-14,17-20,38-39,42-45,49-51H,3-4,9-10,15-16,21-37,46H2,1-2H3/b7-5-,8-6-,13-11-,14-12-,19-17-,20-18-/t38?,39-,42-,43+,44-,45+/m1/s1. The van der Waals surface area contributed by atoms with Crippen molar-refractivity contribution in [2.75, 3.05) is 19.8 Å². The average molecular weight is 774 g/mol. The lowest BCUT2D eigenvalue weighted by molar-refractivity contribution is -0.299. The van der Waals surface area contributed by atoms with Crippen LogP contribution in [0.5, 0.6) is 0 Å². The van der Waals surface area contributed by atoms with Gasteiger partial charge in [-0.15, -0.1) is 0 Å². The quantitative estimate of drug-likeness (QED) is 0.0290. The lowest BCUT2D eigenvalue weighted by Gasteiger charge is -2.40. The highest BCUT2D eigenvalue weighted by atomic mass is 16.7. The second-order valence-corrected chi connectivity index (χ2v) is 14.1. The van der Waals surface area contributed by atoms with E-state index in [1.165, 1.54) is 0 Å². The largest absolute Gasteiger partial charge is 0.462 e. The van der Waals surface area contributed by atoms with E-state index in [1.54, 1.807) is 0 Å². The SMILES string of the molecule is CC/C=C\C/C=C\C/C=C\CCCCCCCC(=O)OCC(CO[C@H]1O[C@H](CN)[C@@H](O)[C@H](O)[C@H]1O)OC(=O)CCCCCCC/C=C\C/C=C\C/C=C\CC. The van der Waals surface area contributed by atoms with Gasteiger partial charge in [-0.05, 0) is 77.0 Å². The number of aliphatic hydroxyl groups is 3. The minimum absolute atomic E-state index is 0.0982. The molecule has 0 radical (unpaired) electrons. The first-order chi connectivity index (χ1) is 26.8. The molecule has 1 unspecified atom stereocenters. The van der Waals surface area contributed by atoms with Crippen LogP contribution in [-0.2, 0) is 28.5 Å². The first kappa shape index (κ1) is 50.2. The molecule has 0 aromatic rings. The molecule has 5 N–H and O–H groups in total. The zero-order valence-electron chi connectivity index (χ0n) is 34.0. The van der Waals surface area contributed by atoms with Crippen molar-refractivity contribution in [3.8, 4) is 0 Å². The van der Waals surface area contributed by atoms with E-state index in [4.69, 9.17) is 24.7 Å². The number of carbonyl (C=O) groups excluding carboxylic acids is 2. The molecule has 0 aliphatic carbocycles. The summed E-state index contributed by atoms with van der Waals surface area (Å²) in [6, 6.07) is 0. The van der Waals surface area contributed by atoms with Gasteiger partial charge in [-0.3, -0.25) is 9.59 Å². The Morgan fingerprint density at radius 3 is 1.55 bits per heavy atom. The average Bonchev–Trinajstić information content (AvgIpc) is 3.18. The van der Waals surface area contributed by atoms with Crippen LogP contribution in [0.15, 0.2) is 72.9 Å². The van der Waals surface area contributed by atoms with E-state index >= 15 is 0 Å². The predicted molar refractivity (Wildman–Crippen MR) is 221 cm³/mol. The number of rotatable bonds is 33. The van der Waals surface area contributed by atoms with Gasteiger partial charge in [0.15, 0.2) is 12.4 Å². The van der Waals surface area contributed by atoms with Crippen molar-refractivity contribution in [2.45, 2.75) is 179 Å². The molecule has 0 saturated carbocycles. The summed E-state index contributed by atoms with van der Waals surface area (Å²) in [4.78, 5) is 25.3. The van der Waals surface area contributed by atoms with Gasteiger partial charge in [0.25, 0.3) is 0 Å². The molecule has 10 nitrogen and oxygen atoms in total. The smallest absolute Gasteiger partial charge is 0.306 e. The van der Waals surface area contributed by atoms with Crippen LogP contribution in [0.4, 0.5) is 0 Å². The Labute approximate surface area is 332 Å². The van der Waals surface area contributed by atoms with Crippen molar-refractivity contribution >= 4 is 11.9 Å². The molecule has 314 valence electrons. The lowest BCUT2D eigenvalue weighted by Crippen LogP contribution is -2.60. The number of hydrogen-bond acceptors (Lipinski definition) is 10. The van der Waals surface area contributed by atoms with E-state index in [2.05, 4.69) is 86.8 Å². The third-order valence-electron chi connectivity index (χ3n) is 9.14. The molecule has 1 rings (SSSR count). The zero-order valence-corrected chi connectivity index (χ0v) is 34.0. The number of nitrogens with two attached hydrogens (primary N) is 1. The number of allylic oxidation sites excluding steroid dienone is 12. The maximum atomic E-state index is 12.8. The molecule has 0 aromatic heterocycles. The summed E-state index contributed by atoms with van der Waals surface area (Å²) in [5, 5.41) is 30.7. The zero-order chi connectivity index (χ0) is 40.2. The van der Waals surface area contributed by atoms with E-state index in [1.807, 2.05) is 0 Å². The Morgan fingerprint density at radius 1 is 0.582 bits per heavy atom. The van der Waals surface area contributed by atoms with Gasteiger partial charge >= 0.3 is 11.9 Å². The molecule has 1 heterocycles. The van der Waals surface area contributed by atoms with Crippen LogP contribution >= 0.6 is 0 Å². The Hall–Kier alpha value is -2.86. The first-order valence-corrected chi connectivity index (χ1v) is 21.1. The number of esters is 2. The van der Waals surface area contributed by atoms with E-state index in [0.29, 0.717) is 12.8 Å². The van der Waals surface area contributed by atoms with E-state index in [9.17, 15) is 24.9 Å². The number of carbonyl (C=O) groups is 2. The predicted octanol–water partition coefficient (Wildman–Crippen LogP) is 8.40. The van der Waals surface area contributed by atoms with Crippen LogP contribution in [0.3, 0.4) is 0 Å². The van der Waals surface area contributed by atoms with Crippen LogP contribution in [0.2, 0.25) is 0 Å². The molecule has 1 saturated heterocycles. The van der Waals surface area contributed by atoms with Crippen molar-refractivity contribution < 1.29 is 43.9 Å². The maximum absolute atomic E-state index is 12.8. The van der Waals surface area contributed by atoms with Crippen LogP contribution in [0.1, 0.15) is 142 Å². The molecule has 0 amide bonds. The molecule has 1 fully saturated rings. The molecule has 0 bridgehead atoms. The van der Waals surface area contributed by atoms with Crippen molar-refractivity contribution in [2.24, 2.45) is 5.73 Å². The number of unbranched alkanes of at least 4 members (excludes halogenated alkanes) is 10. The summed E-state index contributed by atoms with van der Waals surface area (Å²) in [7, 11) is 0. The molecule has 1 aliphatic rings. The monoisotopic (exact) mass is 774 g/mol. The molecule has 6 atom stereocenters. The summed E-state index contributed by atoms with van der Waals surface area (Å²) in [5.74, 6) is -0.818. The highest BCUT2D eigenvalue weighted by Crippen LogP contribution is 2.22. The van der Waals surface area contributed by atoms with E-state index < -0.39 is 42.8 Å². The first-order valence-electron chi connectivity index (χ1n) is 21.1. The molecule has 1 aliphatic heterocycles. The Bertz CT molecular complexity index is 1130.